The summed E-state index contributed by atoms with van der Waals surface area (Å²) in [6.07, 6.45) is 6.19. The Morgan fingerprint density at radius 1 is 0.929 bits per heavy atom. The molecule has 1 spiro atoms. The number of Topliss-reactive ketones (excluding diaryl/α,β-unsaturated/α-hetero) is 2. The Hall–Kier alpha value is -0.660. The molecule has 0 amide bonds. The normalized spacial score (nSPS) is 24.7. The largest absolute Gasteiger partial charge is 0.299 e. The van der Waals surface area contributed by atoms with Gasteiger partial charge in [-0.3, -0.25) is 9.59 Å². The van der Waals surface area contributed by atoms with Crippen molar-refractivity contribution in [2.45, 2.75) is 58.8 Å². The summed E-state index contributed by atoms with van der Waals surface area (Å²) < 4.78 is 0. The van der Waals surface area contributed by atoms with Gasteiger partial charge in [-0.05, 0) is 18.3 Å². The zero-order valence-corrected chi connectivity index (χ0v) is 9.27. The Balaban J connectivity index is 0.000000461. The summed E-state index contributed by atoms with van der Waals surface area (Å²) in [5.74, 6) is 0.348. The van der Waals surface area contributed by atoms with Crippen molar-refractivity contribution in [1.29, 1.82) is 0 Å². The van der Waals surface area contributed by atoms with Gasteiger partial charge >= 0.3 is 0 Å². The molecule has 2 aliphatic rings. The van der Waals surface area contributed by atoms with Gasteiger partial charge in [0, 0.05) is 12.8 Å². The highest BCUT2D eigenvalue weighted by Gasteiger charge is 2.41. The average Bonchev–Trinajstić information content (AvgIpc) is 2.54. The average molecular weight is 196 g/mol. The molecule has 2 nitrogen and oxygen atoms in total. The Morgan fingerprint density at radius 3 is 1.79 bits per heavy atom. The molecule has 2 saturated carbocycles. The third kappa shape index (κ3) is 2.43. The molecule has 0 unspecified atom stereocenters. The van der Waals surface area contributed by atoms with Crippen molar-refractivity contribution >= 4 is 11.6 Å². The first-order valence-corrected chi connectivity index (χ1v) is 5.74. The van der Waals surface area contributed by atoms with E-state index in [9.17, 15) is 9.59 Å². The fourth-order valence-electron chi connectivity index (χ4n) is 2.72. The molecule has 2 fully saturated rings. The van der Waals surface area contributed by atoms with E-state index in [1.807, 2.05) is 13.8 Å². The maximum atomic E-state index is 11.2. The van der Waals surface area contributed by atoms with E-state index in [0.29, 0.717) is 12.8 Å². The summed E-state index contributed by atoms with van der Waals surface area (Å²) in [4.78, 5) is 22.4. The van der Waals surface area contributed by atoms with Gasteiger partial charge in [0.2, 0.25) is 0 Å². The monoisotopic (exact) mass is 196 g/mol. The Labute approximate surface area is 86.1 Å². The zero-order valence-electron chi connectivity index (χ0n) is 9.27. The van der Waals surface area contributed by atoms with Crippen LogP contribution >= 0.6 is 0 Å². The van der Waals surface area contributed by atoms with Crippen LogP contribution in [0.2, 0.25) is 0 Å². The number of rotatable bonds is 0. The molecular weight excluding hydrogens is 176 g/mol. The van der Waals surface area contributed by atoms with E-state index in [1.165, 1.54) is 12.8 Å². The van der Waals surface area contributed by atoms with Crippen LogP contribution in [0.15, 0.2) is 0 Å². The van der Waals surface area contributed by atoms with Gasteiger partial charge in [-0.2, -0.15) is 0 Å². The van der Waals surface area contributed by atoms with Gasteiger partial charge in [0.25, 0.3) is 0 Å². The highest BCUT2D eigenvalue weighted by molar-refractivity contribution is 6.02. The van der Waals surface area contributed by atoms with Crippen LogP contribution in [0.3, 0.4) is 0 Å². The molecule has 0 heterocycles. The minimum absolute atomic E-state index is 0.117. The maximum Gasteiger partial charge on any atom is 0.140 e. The topological polar surface area (TPSA) is 34.1 Å². The maximum absolute atomic E-state index is 11.2. The van der Waals surface area contributed by atoms with Gasteiger partial charge in [-0.1, -0.05) is 26.7 Å². The molecule has 0 aliphatic heterocycles. The molecule has 0 aromatic carbocycles. The minimum Gasteiger partial charge on any atom is -0.299 e. The summed E-state index contributed by atoms with van der Waals surface area (Å²) in [5.41, 5.74) is 0.117. The predicted molar refractivity (Wildman–Crippen MR) is 56.1 cm³/mol. The Bertz CT molecular complexity index is 206. The lowest BCUT2D eigenvalue weighted by Gasteiger charge is -2.30. The molecule has 80 valence electrons. The van der Waals surface area contributed by atoms with Crippen LogP contribution in [-0.2, 0) is 9.59 Å². The van der Waals surface area contributed by atoms with Crippen LogP contribution < -0.4 is 0 Å². The van der Waals surface area contributed by atoms with Crippen LogP contribution in [-0.4, -0.2) is 11.6 Å². The van der Waals surface area contributed by atoms with E-state index >= 15 is 0 Å². The van der Waals surface area contributed by atoms with E-state index in [-0.39, 0.29) is 23.4 Å². The van der Waals surface area contributed by atoms with E-state index in [0.717, 1.165) is 12.8 Å². The quantitative estimate of drug-likeness (QED) is 0.558. The van der Waals surface area contributed by atoms with Crippen molar-refractivity contribution in [3.05, 3.63) is 0 Å². The van der Waals surface area contributed by atoms with Crippen molar-refractivity contribution in [2.75, 3.05) is 0 Å². The second kappa shape index (κ2) is 4.72. The Kier molecular flexibility index (Phi) is 3.85. The van der Waals surface area contributed by atoms with E-state index in [2.05, 4.69) is 0 Å². The van der Waals surface area contributed by atoms with Crippen molar-refractivity contribution in [2.24, 2.45) is 5.41 Å². The summed E-state index contributed by atoms with van der Waals surface area (Å²) in [5, 5.41) is 0. The number of hydrogen-bond acceptors (Lipinski definition) is 2. The summed E-state index contributed by atoms with van der Waals surface area (Å²) in [6.45, 7) is 4.00. The van der Waals surface area contributed by atoms with Crippen molar-refractivity contribution in [3.8, 4) is 0 Å². The lowest BCUT2D eigenvalue weighted by molar-refractivity contribution is -0.134. The molecule has 2 aliphatic carbocycles. The predicted octanol–water partition coefficient (Wildman–Crippen LogP) is 2.90. The number of carbonyl (C=O) groups is 2. The fourth-order valence-corrected chi connectivity index (χ4v) is 2.72. The summed E-state index contributed by atoms with van der Waals surface area (Å²) >= 11 is 0. The SMILES string of the molecule is CC.O=C1CC(=O)CC2(CCCC2)C1. The lowest BCUT2D eigenvalue weighted by Crippen LogP contribution is -2.31. The second-order valence-electron chi connectivity index (χ2n) is 4.31. The molecule has 0 atom stereocenters. The van der Waals surface area contributed by atoms with Crippen LogP contribution in [0.1, 0.15) is 58.8 Å². The molecule has 0 saturated heterocycles. The summed E-state index contributed by atoms with van der Waals surface area (Å²) in [6, 6.07) is 0. The molecular formula is C12H20O2. The van der Waals surface area contributed by atoms with Gasteiger partial charge in [0.05, 0.1) is 6.42 Å². The highest BCUT2D eigenvalue weighted by Crippen LogP contribution is 2.46. The number of carbonyl (C=O) groups excluding carboxylic acids is 2. The van der Waals surface area contributed by atoms with E-state index in [4.69, 9.17) is 0 Å². The van der Waals surface area contributed by atoms with Crippen molar-refractivity contribution in [3.63, 3.8) is 0 Å². The first-order chi connectivity index (χ1) is 6.70. The lowest BCUT2D eigenvalue weighted by atomic mass is 9.72. The standard InChI is InChI=1S/C10H14O2.C2H6/c11-8-5-9(12)7-10(6-8)3-1-2-4-10;1-2/h1-7H2;1-2H3. The van der Waals surface area contributed by atoms with Crippen LogP contribution in [0.5, 0.6) is 0 Å². The minimum atomic E-state index is 0.117. The fraction of sp³-hybridized carbons (Fsp3) is 0.833. The first kappa shape index (κ1) is 11.4. The number of ketones is 2. The molecule has 0 N–H and O–H groups in total. The zero-order chi connectivity index (χ0) is 10.6. The van der Waals surface area contributed by atoms with Gasteiger partial charge in [0.1, 0.15) is 11.6 Å². The third-order valence-electron chi connectivity index (χ3n) is 3.20. The smallest absolute Gasteiger partial charge is 0.140 e. The third-order valence-corrected chi connectivity index (χ3v) is 3.20. The van der Waals surface area contributed by atoms with Crippen LogP contribution in [0.25, 0.3) is 0 Å². The summed E-state index contributed by atoms with van der Waals surface area (Å²) in [7, 11) is 0. The second-order valence-corrected chi connectivity index (χ2v) is 4.31. The van der Waals surface area contributed by atoms with Crippen LogP contribution in [0.4, 0.5) is 0 Å². The molecule has 14 heavy (non-hydrogen) atoms. The van der Waals surface area contributed by atoms with Gasteiger partial charge in [-0.15, -0.1) is 0 Å². The molecule has 0 bridgehead atoms. The van der Waals surface area contributed by atoms with Crippen LogP contribution in [0, 0.1) is 5.41 Å². The molecule has 2 heteroatoms. The van der Waals surface area contributed by atoms with Gasteiger partial charge in [0.15, 0.2) is 0 Å². The molecule has 0 aromatic heterocycles. The van der Waals surface area contributed by atoms with E-state index in [1.54, 1.807) is 0 Å². The Morgan fingerprint density at radius 2 is 1.36 bits per heavy atom. The van der Waals surface area contributed by atoms with Crippen molar-refractivity contribution in [1.82, 2.24) is 0 Å². The van der Waals surface area contributed by atoms with Crippen molar-refractivity contribution < 1.29 is 9.59 Å². The van der Waals surface area contributed by atoms with E-state index < -0.39 is 0 Å². The van der Waals surface area contributed by atoms with Gasteiger partial charge < -0.3 is 0 Å². The molecule has 0 aromatic rings. The molecule has 2 rings (SSSR count). The number of hydrogen-bond donors (Lipinski definition) is 0. The van der Waals surface area contributed by atoms with Gasteiger partial charge in [-0.25, -0.2) is 0 Å². The first-order valence-electron chi connectivity index (χ1n) is 5.74. The highest BCUT2D eigenvalue weighted by atomic mass is 16.1. The molecule has 0 radical (unpaired) electrons.